The van der Waals surface area contributed by atoms with E-state index in [1.54, 1.807) is 13.3 Å². The highest BCUT2D eigenvalue weighted by molar-refractivity contribution is 5.98. The molecule has 0 spiro atoms. The van der Waals surface area contributed by atoms with Gasteiger partial charge in [0.2, 0.25) is 11.9 Å². The van der Waals surface area contributed by atoms with Gasteiger partial charge in [0.1, 0.15) is 5.75 Å². The van der Waals surface area contributed by atoms with Crippen molar-refractivity contribution in [3.8, 4) is 5.75 Å². The lowest BCUT2D eigenvalue weighted by atomic mass is 9.82. The van der Waals surface area contributed by atoms with Crippen LogP contribution in [0.2, 0.25) is 0 Å². The number of ether oxygens (including phenoxy) is 1. The van der Waals surface area contributed by atoms with Crippen LogP contribution in [0.5, 0.6) is 5.75 Å². The summed E-state index contributed by atoms with van der Waals surface area (Å²) >= 11 is 0. The van der Waals surface area contributed by atoms with Crippen LogP contribution in [0.25, 0.3) is 10.9 Å². The number of Topliss-reactive ketones (excluding diaryl/α,β-unsaturated/α-hetero) is 1. The van der Waals surface area contributed by atoms with Gasteiger partial charge in [-0.1, -0.05) is 24.3 Å². The summed E-state index contributed by atoms with van der Waals surface area (Å²) in [5, 5.41) is 4.13. The zero-order valence-electron chi connectivity index (χ0n) is 18.2. The number of carbonyl (C=O) groups is 1. The number of nitrogens with one attached hydrogen (secondary N) is 1. The number of rotatable bonds is 4. The molecule has 7 nitrogen and oxygen atoms in total. The van der Waals surface area contributed by atoms with E-state index in [0.717, 1.165) is 39.2 Å². The maximum Gasteiger partial charge on any atom is 0.230 e. The molecule has 1 atom stereocenters. The number of carbonyl (C=O) groups excluding carboxylic acids is 1. The van der Waals surface area contributed by atoms with Gasteiger partial charge in [0, 0.05) is 18.0 Å². The molecule has 0 saturated carbocycles. The zero-order valence-corrected chi connectivity index (χ0v) is 18.2. The van der Waals surface area contributed by atoms with E-state index in [-0.39, 0.29) is 11.7 Å². The van der Waals surface area contributed by atoms with Crippen LogP contribution in [0.3, 0.4) is 0 Å². The number of aryl methyl sites for hydroxylation is 2. The van der Waals surface area contributed by atoms with Gasteiger partial charge >= 0.3 is 0 Å². The Kier molecular flexibility index (Phi) is 5.01. The number of ketones is 1. The lowest BCUT2D eigenvalue weighted by Gasteiger charge is -2.23. The standard InChI is InChI=1S/C25H23N5O2/c1-14-4-9-19-15(2)27-25(29-21(19)10-14)30-24-26-13-20-22(28-24)11-17(12-23(20)31)16-5-7-18(32-3)8-6-16/h4-10,13,17H,11-12H2,1-3H3,(H,26,27,28,29,30)/t17-/m1/s1. The molecule has 0 radical (unpaired) electrons. The van der Waals surface area contributed by atoms with Gasteiger partial charge in [-0.05, 0) is 55.5 Å². The van der Waals surface area contributed by atoms with E-state index in [1.165, 1.54) is 0 Å². The average molecular weight is 425 g/mol. The van der Waals surface area contributed by atoms with Gasteiger partial charge in [-0.15, -0.1) is 0 Å². The van der Waals surface area contributed by atoms with Gasteiger partial charge in [-0.25, -0.2) is 19.9 Å². The number of nitrogens with zero attached hydrogens (tertiary/aromatic N) is 4. The van der Waals surface area contributed by atoms with E-state index in [4.69, 9.17) is 4.74 Å². The first-order chi connectivity index (χ1) is 15.5. The fraction of sp³-hybridized carbons (Fsp3) is 0.240. The Labute approximate surface area is 185 Å². The van der Waals surface area contributed by atoms with Gasteiger partial charge in [-0.3, -0.25) is 10.1 Å². The van der Waals surface area contributed by atoms with Crippen LogP contribution >= 0.6 is 0 Å². The predicted octanol–water partition coefficient (Wildman–Crippen LogP) is 4.70. The third-order valence-corrected chi connectivity index (χ3v) is 5.89. The Morgan fingerprint density at radius 3 is 2.56 bits per heavy atom. The Morgan fingerprint density at radius 1 is 0.969 bits per heavy atom. The molecule has 2 aromatic heterocycles. The number of fused-ring (bicyclic) bond motifs is 2. The topological polar surface area (TPSA) is 89.9 Å². The van der Waals surface area contributed by atoms with Gasteiger partial charge < -0.3 is 4.74 Å². The van der Waals surface area contributed by atoms with E-state index in [1.807, 2.05) is 50.2 Å². The fourth-order valence-electron chi connectivity index (χ4n) is 4.17. The molecule has 2 aromatic carbocycles. The monoisotopic (exact) mass is 425 g/mol. The number of benzene rings is 2. The fourth-order valence-corrected chi connectivity index (χ4v) is 4.17. The molecule has 7 heteroatoms. The Morgan fingerprint density at radius 2 is 1.78 bits per heavy atom. The molecular weight excluding hydrogens is 402 g/mol. The first-order valence-corrected chi connectivity index (χ1v) is 10.6. The first kappa shape index (κ1) is 20.1. The second kappa shape index (κ2) is 8.00. The molecule has 1 aliphatic rings. The summed E-state index contributed by atoms with van der Waals surface area (Å²) in [6.07, 6.45) is 2.72. The largest absolute Gasteiger partial charge is 0.497 e. The van der Waals surface area contributed by atoms with Crippen LogP contribution in [-0.4, -0.2) is 32.8 Å². The minimum absolute atomic E-state index is 0.0619. The summed E-state index contributed by atoms with van der Waals surface area (Å²) in [6, 6.07) is 14.0. The van der Waals surface area contributed by atoms with Crippen molar-refractivity contribution in [2.45, 2.75) is 32.6 Å². The molecule has 0 aliphatic heterocycles. The summed E-state index contributed by atoms with van der Waals surface area (Å²) in [5.74, 6) is 1.76. The van der Waals surface area contributed by atoms with Crippen molar-refractivity contribution in [2.24, 2.45) is 0 Å². The smallest absolute Gasteiger partial charge is 0.230 e. The van der Waals surface area contributed by atoms with Gasteiger partial charge in [0.15, 0.2) is 5.78 Å². The van der Waals surface area contributed by atoms with Crippen molar-refractivity contribution in [3.05, 3.63) is 76.7 Å². The summed E-state index contributed by atoms with van der Waals surface area (Å²) in [6.45, 7) is 3.99. The number of hydrogen-bond donors (Lipinski definition) is 1. The summed E-state index contributed by atoms with van der Waals surface area (Å²) in [4.78, 5) is 30.9. The second-order valence-electron chi connectivity index (χ2n) is 8.13. The molecule has 5 rings (SSSR count). The highest BCUT2D eigenvalue weighted by Crippen LogP contribution is 2.33. The molecule has 2 heterocycles. The summed E-state index contributed by atoms with van der Waals surface area (Å²) < 4.78 is 5.24. The van der Waals surface area contributed by atoms with Crippen LogP contribution in [0, 0.1) is 13.8 Å². The normalized spacial score (nSPS) is 15.5. The van der Waals surface area contributed by atoms with Crippen LogP contribution < -0.4 is 10.1 Å². The molecule has 160 valence electrons. The van der Waals surface area contributed by atoms with E-state index in [0.29, 0.717) is 30.3 Å². The molecule has 32 heavy (non-hydrogen) atoms. The Bertz CT molecular complexity index is 1330. The minimum atomic E-state index is 0.0619. The zero-order chi connectivity index (χ0) is 22.2. The van der Waals surface area contributed by atoms with E-state index in [2.05, 4.69) is 31.3 Å². The lowest BCUT2D eigenvalue weighted by molar-refractivity contribution is 0.0962. The quantitative estimate of drug-likeness (QED) is 0.507. The predicted molar refractivity (Wildman–Crippen MR) is 123 cm³/mol. The molecule has 0 saturated heterocycles. The molecule has 0 unspecified atom stereocenters. The van der Waals surface area contributed by atoms with E-state index in [9.17, 15) is 4.79 Å². The number of hydrogen-bond acceptors (Lipinski definition) is 7. The van der Waals surface area contributed by atoms with Crippen molar-refractivity contribution in [3.63, 3.8) is 0 Å². The lowest BCUT2D eigenvalue weighted by Crippen LogP contribution is -2.21. The highest BCUT2D eigenvalue weighted by Gasteiger charge is 2.28. The third kappa shape index (κ3) is 3.77. The minimum Gasteiger partial charge on any atom is -0.497 e. The number of anilines is 2. The molecule has 0 fully saturated rings. The maximum atomic E-state index is 12.7. The second-order valence-corrected chi connectivity index (χ2v) is 8.13. The first-order valence-electron chi connectivity index (χ1n) is 10.6. The van der Waals surface area contributed by atoms with Gasteiger partial charge in [0.25, 0.3) is 0 Å². The third-order valence-electron chi connectivity index (χ3n) is 5.89. The Balaban J connectivity index is 1.43. The highest BCUT2D eigenvalue weighted by atomic mass is 16.5. The van der Waals surface area contributed by atoms with Crippen molar-refractivity contribution in [1.82, 2.24) is 19.9 Å². The van der Waals surface area contributed by atoms with Crippen molar-refractivity contribution in [2.75, 3.05) is 12.4 Å². The van der Waals surface area contributed by atoms with Crippen LogP contribution in [-0.2, 0) is 6.42 Å². The molecule has 1 N–H and O–H groups in total. The van der Waals surface area contributed by atoms with Crippen LogP contribution in [0.4, 0.5) is 11.9 Å². The summed E-state index contributed by atoms with van der Waals surface area (Å²) in [7, 11) is 1.64. The van der Waals surface area contributed by atoms with E-state index < -0.39 is 0 Å². The maximum absolute atomic E-state index is 12.7. The molecule has 0 amide bonds. The van der Waals surface area contributed by atoms with Gasteiger partial charge in [0.05, 0.1) is 29.6 Å². The van der Waals surface area contributed by atoms with Crippen molar-refractivity contribution >= 4 is 28.6 Å². The average Bonchev–Trinajstić information content (AvgIpc) is 2.78. The Hall–Kier alpha value is -3.87. The van der Waals surface area contributed by atoms with Crippen LogP contribution in [0.15, 0.2) is 48.7 Å². The molecule has 1 aliphatic carbocycles. The number of methoxy groups -OCH3 is 1. The van der Waals surface area contributed by atoms with Gasteiger partial charge in [-0.2, -0.15) is 0 Å². The van der Waals surface area contributed by atoms with Crippen molar-refractivity contribution < 1.29 is 9.53 Å². The van der Waals surface area contributed by atoms with Crippen molar-refractivity contribution in [1.29, 1.82) is 0 Å². The van der Waals surface area contributed by atoms with E-state index >= 15 is 0 Å². The number of aromatic nitrogens is 4. The summed E-state index contributed by atoms with van der Waals surface area (Å²) in [5.41, 5.74) is 5.31. The molecular formula is C25H23N5O2. The SMILES string of the molecule is COc1ccc([C@H]2CC(=O)c3cnc(Nc4nc(C)c5ccc(C)cc5n4)nc3C2)cc1. The molecule has 4 aromatic rings. The molecule has 0 bridgehead atoms. The van der Waals surface area contributed by atoms with Crippen LogP contribution in [0.1, 0.15) is 45.2 Å².